The molecule has 5 unspecified atom stereocenters. The minimum Gasteiger partial charge on any atom is -0.480 e. The minimum absolute atomic E-state index is 0.0750. The Morgan fingerprint density at radius 3 is 1.94 bits per heavy atom. The van der Waals surface area contributed by atoms with Gasteiger partial charge in [0.1, 0.15) is 24.2 Å². The number of nitrogens with zero attached hydrogens (tertiary/aromatic N) is 1. The van der Waals surface area contributed by atoms with E-state index in [1.807, 2.05) is 0 Å². The fraction of sp³-hybridized carbons (Fsp3) is 0.667. The van der Waals surface area contributed by atoms with Gasteiger partial charge in [-0.1, -0.05) is 0 Å². The van der Waals surface area contributed by atoms with Crippen molar-refractivity contribution in [3.63, 3.8) is 0 Å². The number of hydrogen-bond donors (Lipinski definition) is 9. The molecular formula is C18H34N8O7. The molecule has 0 fully saturated rings. The topological polar surface area (TPSA) is 278 Å². The molecule has 0 aromatic carbocycles. The van der Waals surface area contributed by atoms with Gasteiger partial charge in [-0.15, -0.1) is 0 Å². The molecule has 0 radical (unpaired) electrons. The van der Waals surface area contributed by atoms with Crippen molar-refractivity contribution in [3.05, 3.63) is 0 Å². The number of aliphatic hydroxyl groups excluding tert-OH is 1. The van der Waals surface area contributed by atoms with Gasteiger partial charge < -0.3 is 49.1 Å². The van der Waals surface area contributed by atoms with Crippen LogP contribution in [0.3, 0.4) is 0 Å². The van der Waals surface area contributed by atoms with Crippen LogP contribution >= 0.6 is 0 Å². The van der Waals surface area contributed by atoms with Gasteiger partial charge in [-0.2, -0.15) is 0 Å². The zero-order valence-electron chi connectivity index (χ0n) is 18.6. The van der Waals surface area contributed by atoms with Crippen molar-refractivity contribution < 1.29 is 34.2 Å². The number of carbonyl (C=O) groups excluding carboxylic acids is 4. The van der Waals surface area contributed by atoms with Gasteiger partial charge in [0.25, 0.3) is 0 Å². The Morgan fingerprint density at radius 1 is 0.879 bits per heavy atom. The summed E-state index contributed by atoms with van der Waals surface area (Å²) >= 11 is 0. The van der Waals surface area contributed by atoms with Crippen molar-refractivity contribution in [2.24, 2.45) is 27.9 Å². The highest BCUT2D eigenvalue weighted by molar-refractivity contribution is 5.94. The Hall–Kier alpha value is -3.46. The molecule has 13 N–H and O–H groups in total. The van der Waals surface area contributed by atoms with Crippen LogP contribution in [0.25, 0.3) is 0 Å². The monoisotopic (exact) mass is 474 g/mol. The van der Waals surface area contributed by atoms with Crippen LogP contribution in [0.2, 0.25) is 0 Å². The van der Waals surface area contributed by atoms with Gasteiger partial charge in [0.2, 0.25) is 23.6 Å². The van der Waals surface area contributed by atoms with Crippen molar-refractivity contribution in [1.29, 1.82) is 0 Å². The van der Waals surface area contributed by atoms with Crippen LogP contribution in [0.15, 0.2) is 4.99 Å². The van der Waals surface area contributed by atoms with E-state index >= 15 is 0 Å². The molecule has 0 heterocycles. The number of primary amides is 1. The predicted molar refractivity (Wildman–Crippen MR) is 117 cm³/mol. The van der Waals surface area contributed by atoms with Crippen molar-refractivity contribution >= 4 is 35.6 Å². The van der Waals surface area contributed by atoms with E-state index in [2.05, 4.69) is 20.9 Å². The molecule has 4 amide bonds. The van der Waals surface area contributed by atoms with Crippen molar-refractivity contribution in [2.75, 3.05) is 6.54 Å². The van der Waals surface area contributed by atoms with Crippen LogP contribution in [0.5, 0.6) is 0 Å². The highest BCUT2D eigenvalue weighted by atomic mass is 16.4. The van der Waals surface area contributed by atoms with Crippen molar-refractivity contribution in [3.8, 4) is 0 Å². The average molecular weight is 475 g/mol. The summed E-state index contributed by atoms with van der Waals surface area (Å²) in [5, 5.41) is 25.6. The van der Waals surface area contributed by atoms with E-state index < -0.39 is 59.9 Å². The number of amides is 4. The molecule has 0 rings (SSSR count). The number of aliphatic imine (C=N–C) groups is 1. The summed E-state index contributed by atoms with van der Waals surface area (Å²) in [5.41, 5.74) is 21.1. The molecule has 0 aromatic heterocycles. The second-order valence-corrected chi connectivity index (χ2v) is 7.41. The zero-order valence-corrected chi connectivity index (χ0v) is 18.6. The molecule has 0 saturated heterocycles. The molecule has 0 aliphatic rings. The first-order valence-electron chi connectivity index (χ1n) is 10.2. The van der Waals surface area contributed by atoms with Crippen LogP contribution in [0.4, 0.5) is 0 Å². The molecule has 0 spiro atoms. The van der Waals surface area contributed by atoms with Gasteiger partial charge >= 0.3 is 5.97 Å². The third-order valence-electron chi connectivity index (χ3n) is 4.45. The van der Waals surface area contributed by atoms with Crippen LogP contribution < -0.4 is 38.9 Å². The number of nitrogens with two attached hydrogens (primary N) is 4. The number of carboxylic acid groups (broad SMARTS) is 1. The third kappa shape index (κ3) is 12.2. The first-order valence-corrected chi connectivity index (χ1v) is 10.2. The van der Waals surface area contributed by atoms with E-state index in [-0.39, 0.29) is 38.2 Å². The number of hydrogen-bond acceptors (Lipinski definition) is 8. The highest BCUT2D eigenvalue weighted by Crippen LogP contribution is 2.03. The lowest BCUT2D eigenvalue weighted by molar-refractivity contribution is -0.142. The van der Waals surface area contributed by atoms with E-state index in [4.69, 9.17) is 22.9 Å². The molecular weight excluding hydrogens is 440 g/mol. The summed E-state index contributed by atoms with van der Waals surface area (Å²) in [7, 11) is 0. The second-order valence-electron chi connectivity index (χ2n) is 7.41. The van der Waals surface area contributed by atoms with E-state index in [0.29, 0.717) is 0 Å². The van der Waals surface area contributed by atoms with Gasteiger partial charge in [-0.25, -0.2) is 4.79 Å². The maximum Gasteiger partial charge on any atom is 0.326 e. The third-order valence-corrected chi connectivity index (χ3v) is 4.45. The Balaban J connectivity index is 5.18. The molecule has 0 saturated carbocycles. The largest absolute Gasteiger partial charge is 0.480 e. The Labute approximate surface area is 190 Å². The Bertz CT molecular complexity index is 739. The van der Waals surface area contributed by atoms with E-state index in [1.165, 1.54) is 13.8 Å². The lowest BCUT2D eigenvalue weighted by Gasteiger charge is -2.24. The van der Waals surface area contributed by atoms with Crippen molar-refractivity contribution in [1.82, 2.24) is 16.0 Å². The molecule has 0 aromatic rings. The average Bonchev–Trinajstić information content (AvgIpc) is 2.71. The quantitative estimate of drug-likeness (QED) is 0.0623. The van der Waals surface area contributed by atoms with E-state index in [9.17, 15) is 34.2 Å². The first kappa shape index (κ1) is 29.5. The lowest BCUT2D eigenvalue weighted by atomic mass is 10.1. The number of carboxylic acids is 1. The number of guanidine groups is 1. The first-order chi connectivity index (χ1) is 15.3. The summed E-state index contributed by atoms with van der Waals surface area (Å²) in [6.07, 6.45) is -1.29. The summed E-state index contributed by atoms with van der Waals surface area (Å²) < 4.78 is 0. The number of rotatable bonds is 15. The molecule has 188 valence electrons. The number of aliphatic carboxylic acids is 1. The normalized spacial score (nSPS) is 15.2. The Kier molecular flexibility index (Phi) is 13.0. The van der Waals surface area contributed by atoms with Crippen molar-refractivity contribution in [2.45, 2.75) is 69.8 Å². The van der Waals surface area contributed by atoms with E-state index in [0.717, 1.165) is 0 Å². The zero-order chi connectivity index (χ0) is 25.7. The highest BCUT2D eigenvalue weighted by Gasteiger charge is 2.29. The van der Waals surface area contributed by atoms with E-state index in [1.54, 1.807) is 0 Å². The van der Waals surface area contributed by atoms with Crippen LogP contribution in [-0.4, -0.2) is 82.6 Å². The van der Waals surface area contributed by atoms with Gasteiger partial charge in [-0.05, 0) is 33.1 Å². The SMILES string of the molecule is CC(NC(=O)C(CCCN=C(N)N)NC(=O)C(N)C(C)O)C(=O)NC(CCC(N)=O)C(=O)O. The van der Waals surface area contributed by atoms with Gasteiger partial charge in [0.15, 0.2) is 5.96 Å². The molecule has 15 nitrogen and oxygen atoms in total. The number of aliphatic hydroxyl groups is 1. The van der Waals surface area contributed by atoms with Crippen LogP contribution in [0, 0.1) is 0 Å². The van der Waals surface area contributed by atoms with Crippen LogP contribution in [-0.2, 0) is 24.0 Å². The smallest absolute Gasteiger partial charge is 0.326 e. The maximum absolute atomic E-state index is 12.7. The number of carbonyl (C=O) groups is 5. The molecule has 0 bridgehead atoms. The summed E-state index contributed by atoms with van der Waals surface area (Å²) in [5.74, 6) is -4.62. The lowest BCUT2D eigenvalue weighted by Crippen LogP contribution is -2.57. The summed E-state index contributed by atoms with van der Waals surface area (Å²) in [6, 6.07) is -5.00. The summed E-state index contributed by atoms with van der Waals surface area (Å²) in [4.78, 5) is 63.1. The molecule has 5 atom stereocenters. The van der Waals surface area contributed by atoms with Crippen LogP contribution in [0.1, 0.15) is 39.5 Å². The molecule has 0 aliphatic carbocycles. The standard InChI is InChI=1S/C18H34N8O7/c1-8(14(29)26-11(17(32)33)5-6-12(19)28)24-15(30)10(4-3-7-23-18(21)22)25-16(31)13(20)9(2)27/h8-11,13,27H,3-7,20H2,1-2H3,(H2,19,28)(H,24,30)(H,25,31)(H,26,29)(H,32,33)(H4,21,22,23). The minimum atomic E-state index is -1.39. The molecule has 15 heteroatoms. The van der Waals surface area contributed by atoms with Gasteiger partial charge in [-0.3, -0.25) is 24.2 Å². The number of nitrogens with one attached hydrogen (secondary N) is 3. The Morgan fingerprint density at radius 2 is 1.45 bits per heavy atom. The summed E-state index contributed by atoms with van der Waals surface area (Å²) in [6.45, 7) is 2.78. The maximum atomic E-state index is 12.7. The fourth-order valence-electron chi connectivity index (χ4n) is 2.48. The van der Waals surface area contributed by atoms with Gasteiger partial charge in [0.05, 0.1) is 6.10 Å². The van der Waals surface area contributed by atoms with Gasteiger partial charge in [0, 0.05) is 13.0 Å². The molecule has 0 aliphatic heterocycles. The molecule has 33 heavy (non-hydrogen) atoms. The predicted octanol–water partition coefficient (Wildman–Crippen LogP) is -4.43. The second kappa shape index (κ2) is 14.6. The fourth-order valence-corrected chi connectivity index (χ4v) is 2.48.